The number of esters is 1. The molecule has 1 aliphatic rings. The number of unbranched alkanes of at least 4 members (excludes halogenated alkanes) is 1. The van der Waals surface area contributed by atoms with Gasteiger partial charge in [-0.05, 0) is 37.6 Å². The van der Waals surface area contributed by atoms with Crippen molar-refractivity contribution in [3.8, 4) is 0 Å². The zero-order valence-corrected chi connectivity index (χ0v) is 16.7. The van der Waals surface area contributed by atoms with Crippen molar-refractivity contribution >= 4 is 34.4 Å². The monoisotopic (exact) mass is 397 g/mol. The third-order valence-corrected chi connectivity index (χ3v) is 4.91. The van der Waals surface area contributed by atoms with Crippen molar-refractivity contribution in [2.45, 2.75) is 39.0 Å². The molecule has 3 amide bonds. The van der Waals surface area contributed by atoms with E-state index in [0.717, 1.165) is 22.9 Å². The van der Waals surface area contributed by atoms with Crippen molar-refractivity contribution < 1.29 is 19.1 Å². The number of ether oxygens (including phenoxy) is 1. The van der Waals surface area contributed by atoms with Gasteiger partial charge in [0.25, 0.3) is 0 Å². The minimum absolute atomic E-state index is 0.0978. The third kappa shape index (κ3) is 5.25. The van der Waals surface area contributed by atoms with E-state index >= 15 is 0 Å². The van der Waals surface area contributed by atoms with Crippen LogP contribution in [0, 0.1) is 0 Å². The highest BCUT2D eigenvalue weighted by Gasteiger charge is 2.30. The average molecular weight is 397 g/mol. The summed E-state index contributed by atoms with van der Waals surface area (Å²) in [5.41, 5.74) is 0.724. The Morgan fingerprint density at radius 3 is 2.52 bits per heavy atom. The first kappa shape index (κ1) is 20.6. The van der Waals surface area contributed by atoms with E-state index in [2.05, 4.69) is 5.32 Å². The molecule has 7 heteroatoms. The van der Waals surface area contributed by atoms with Gasteiger partial charge in [-0.3, -0.25) is 14.6 Å². The predicted molar refractivity (Wildman–Crippen MR) is 111 cm³/mol. The van der Waals surface area contributed by atoms with E-state index in [1.165, 1.54) is 10.0 Å². The summed E-state index contributed by atoms with van der Waals surface area (Å²) < 4.78 is 4.89. The van der Waals surface area contributed by atoms with Crippen LogP contribution in [0.4, 0.5) is 10.5 Å². The minimum Gasteiger partial charge on any atom is -0.466 e. The molecule has 7 nitrogen and oxygen atoms in total. The van der Waals surface area contributed by atoms with Crippen LogP contribution in [0.25, 0.3) is 10.8 Å². The standard InChI is InChI=1S/C22H27N3O4/c1-2-29-21(27)14-6-5-13-20(26)24-15-8-16-25(24)22(28)23-19-12-7-10-17-9-3-4-11-18(17)19/h3-4,7,9-12H,2,5-6,8,13-16H2,1H3,(H,23,28). The molecule has 1 aliphatic heterocycles. The van der Waals surface area contributed by atoms with Crippen molar-refractivity contribution in [3.63, 3.8) is 0 Å². The molecule has 0 unspecified atom stereocenters. The summed E-state index contributed by atoms with van der Waals surface area (Å²) in [6, 6.07) is 13.3. The Kier molecular flexibility index (Phi) is 7.05. The Labute approximate surface area is 170 Å². The van der Waals surface area contributed by atoms with E-state index in [0.29, 0.717) is 45.4 Å². The number of rotatable bonds is 7. The number of hydrazine groups is 1. The van der Waals surface area contributed by atoms with Gasteiger partial charge < -0.3 is 10.1 Å². The van der Waals surface area contributed by atoms with Gasteiger partial charge in [0.15, 0.2) is 0 Å². The summed E-state index contributed by atoms with van der Waals surface area (Å²) in [4.78, 5) is 36.8. The molecule has 29 heavy (non-hydrogen) atoms. The van der Waals surface area contributed by atoms with E-state index in [9.17, 15) is 14.4 Å². The normalized spacial score (nSPS) is 13.6. The lowest BCUT2D eigenvalue weighted by atomic mass is 10.1. The van der Waals surface area contributed by atoms with Crippen LogP contribution in [0.2, 0.25) is 0 Å². The van der Waals surface area contributed by atoms with Crippen molar-refractivity contribution in [2.75, 3.05) is 25.0 Å². The van der Waals surface area contributed by atoms with Crippen molar-refractivity contribution in [2.24, 2.45) is 0 Å². The summed E-state index contributed by atoms with van der Waals surface area (Å²) in [6.45, 7) is 3.17. The molecular weight excluding hydrogens is 370 g/mol. The lowest BCUT2D eigenvalue weighted by Crippen LogP contribution is -2.46. The first-order chi connectivity index (χ1) is 14.1. The van der Waals surface area contributed by atoms with Crippen LogP contribution in [-0.2, 0) is 14.3 Å². The van der Waals surface area contributed by atoms with Gasteiger partial charge in [0.2, 0.25) is 5.91 Å². The first-order valence-electron chi connectivity index (χ1n) is 10.1. The maximum absolute atomic E-state index is 12.8. The highest BCUT2D eigenvalue weighted by Crippen LogP contribution is 2.24. The second-order valence-electron chi connectivity index (χ2n) is 6.96. The molecule has 0 bridgehead atoms. The lowest BCUT2D eigenvalue weighted by Gasteiger charge is -2.28. The van der Waals surface area contributed by atoms with Gasteiger partial charge in [-0.2, -0.15) is 0 Å². The molecule has 0 atom stereocenters. The maximum Gasteiger partial charge on any atom is 0.340 e. The van der Waals surface area contributed by atoms with Gasteiger partial charge in [-0.1, -0.05) is 36.4 Å². The molecule has 1 N–H and O–H groups in total. The minimum atomic E-state index is -0.307. The number of carbonyl (C=O) groups is 3. The van der Waals surface area contributed by atoms with Crippen molar-refractivity contribution in [1.82, 2.24) is 10.0 Å². The molecule has 1 heterocycles. The van der Waals surface area contributed by atoms with Crippen LogP contribution in [0.15, 0.2) is 42.5 Å². The molecule has 0 spiro atoms. The topological polar surface area (TPSA) is 79.0 Å². The van der Waals surface area contributed by atoms with Crippen LogP contribution >= 0.6 is 0 Å². The van der Waals surface area contributed by atoms with E-state index in [-0.39, 0.29) is 17.9 Å². The number of urea groups is 1. The highest BCUT2D eigenvalue weighted by molar-refractivity contribution is 6.02. The van der Waals surface area contributed by atoms with Crippen molar-refractivity contribution in [3.05, 3.63) is 42.5 Å². The van der Waals surface area contributed by atoms with Gasteiger partial charge in [0.1, 0.15) is 0 Å². The number of amides is 3. The molecule has 0 radical (unpaired) electrons. The molecule has 0 aliphatic carbocycles. The maximum atomic E-state index is 12.8. The second-order valence-corrected chi connectivity index (χ2v) is 6.96. The molecular formula is C22H27N3O4. The quantitative estimate of drug-likeness (QED) is 0.567. The SMILES string of the molecule is CCOC(=O)CCCCC(=O)N1CCCN1C(=O)Nc1cccc2ccccc12. The zero-order chi connectivity index (χ0) is 20.6. The smallest absolute Gasteiger partial charge is 0.340 e. The lowest BCUT2D eigenvalue weighted by molar-refractivity contribution is -0.144. The highest BCUT2D eigenvalue weighted by atomic mass is 16.5. The molecule has 3 rings (SSSR count). The van der Waals surface area contributed by atoms with Crippen LogP contribution in [-0.4, -0.2) is 47.6 Å². The number of nitrogens with one attached hydrogen (secondary N) is 1. The largest absolute Gasteiger partial charge is 0.466 e. The second kappa shape index (κ2) is 9.91. The number of fused-ring (bicyclic) bond motifs is 1. The van der Waals surface area contributed by atoms with Crippen LogP contribution in [0.5, 0.6) is 0 Å². The summed E-state index contributed by atoms with van der Waals surface area (Å²) in [7, 11) is 0. The van der Waals surface area contributed by atoms with E-state index in [1.807, 2.05) is 42.5 Å². The van der Waals surface area contributed by atoms with Crippen LogP contribution < -0.4 is 5.32 Å². The Morgan fingerprint density at radius 2 is 1.69 bits per heavy atom. The Hall–Kier alpha value is -3.09. The number of nitrogens with zero attached hydrogens (tertiary/aromatic N) is 2. The molecule has 2 aromatic rings. The molecule has 1 fully saturated rings. The van der Waals surface area contributed by atoms with Crippen LogP contribution in [0.3, 0.4) is 0 Å². The average Bonchev–Trinajstić information content (AvgIpc) is 3.22. The van der Waals surface area contributed by atoms with Gasteiger partial charge in [0.05, 0.1) is 12.3 Å². The number of hydrogen-bond acceptors (Lipinski definition) is 4. The summed E-state index contributed by atoms with van der Waals surface area (Å²) in [5.74, 6) is -0.336. The summed E-state index contributed by atoms with van der Waals surface area (Å²) in [5, 5.41) is 7.94. The fourth-order valence-electron chi connectivity index (χ4n) is 3.50. The van der Waals surface area contributed by atoms with E-state index in [1.54, 1.807) is 6.92 Å². The van der Waals surface area contributed by atoms with Crippen LogP contribution in [0.1, 0.15) is 39.0 Å². The van der Waals surface area contributed by atoms with Gasteiger partial charge in [-0.25, -0.2) is 9.80 Å². The Morgan fingerprint density at radius 1 is 0.966 bits per heavy atom. The van der Waals surface area contributed by atoms with Gasteiger partial charge >= 0.3 is 12.0 Å². The summed E-state index contributed by atoms with van der Waals surface area (Å²) in [6.07, 6.45) is 2.55. The number of benzene rings is 2. The molecule has 154 valence electrons. The first-order valence-corrected chi connectivity index (χ1v) is 10.1. The Bertz CT molecular complexity index is 878. The number of anilines is 1. The molecule has 1 saturated heterocycles. The molecule has 0 aromatic heterocycles. The fraction of sp³-hybridized carbons (Fsp3) is 0.409. The fourth-order valence-corrected chi connectivity index (χ4v) is 3.50. The van der Waals surface area contributed by atoms with E-state index < -0.39 is 0 Å². The molecule has 2 aromatic carbocycles. The number of hydrogen-bond donors (Lipinski definition) is 1. The van der Waals surface area contributed by atoms with Gasteiger partial charge in [0, 0.05) is 31.3 Å². The summed E-state index contributed by atoms with van der Waals surface area (Å²) >= 11 is 0. The molecule has 0 saturated carbocycles. The zero-order valence-electron chi connectivity index (χ0n) is 16.7. The van der Waals surface area contributed by atoms with E-state index in [4.69, 9.17) is 4.74 Å². The third-order valence-electron chi connectivity index (χ3n) is 4.91. The predicted octanol–water partition coefficient (Wildman–Crippen LogP) is 3.94. The Balaban J connectivity index is 1.56. The van der Waals surface area contributed by atoms with Crippen molar-refractivity contribution in [1.29, 1.82) is 0 Å². The number of carbonyl (C=O) groups excluding carboxylic acids is 3. The van der Waals surface area contributed by atoms with Gasteiger partial charge in [-0.15, -0.1) is 0 Å².